The first-order valence-corrected chi connectivity index (χ1v) is 10.2. The Morgan fingerprint density at radius 1 is 1.25 bits per heavy atom. The summed E-state index contributed by atoms with van der Waals surface area (Å²) in [6.45, 7) is 2.18. The molecule has 0 radical (unpaired) electrons. The lowest BCUT2D eigenvalue weighted by molar-refractivity contribution is 0.634. The van der Waals surface area contributed by atoms with Gasteiger partial charge in [0, 0.05) is 27.6 Å². The van der Waals surface area contributed by atoms with Crippen molar-refractivity contribution in [2.45, 2.75) is 42.6 Å². The van der Waals surface area contributed by atoms with Gasteiger partial charge in [-0.2, -0.15) is 0 Å². The fourth-order valence-electron chi connectivity index (χ4n) is 2.80. The molecule has 0 amide bonds. The quantitative estimate of drug-likeness (QED) is 0.512. The Labute approximate surface area is 155 Å². The molecule has 124 valence electrons. The molecule has 1 aromatic carbocycles. The summed E-state index contributed by atoms with van der Waals surface area (Å²) >= 11 is 9.87. The Morgan fingerprint density at radius 3 is 2.79 bits per heavy atom. The number of nitrogens with zero attached hydrogens (tertiary/aromatic N) is 3. The number of rotatable bonds is 6. The molecule has 3 nitrogen and oxygen atoms in total. The van der Waals surface area contributed by atoms with Crippen LogP contribution in [0.4, 0.5) is 0 Å². The van der Waals surface area contributed by atoms with Crippen LogP contribution in [0.3, 0.4) is 0 Å². The Morgan fingerprint density at radius 2 is 2.08 bits per heavy atom. The highest BCUT2D eigenvalue weighted by Crippen LogP contribution is 2.43. The van der Waals surface area contributed by atoms with Crippen molar-refractivity contribution >= 4 is 34.7 Å². The summed E-state index contributed by atoms with van der Waals surface area (Å²) in [6, 6.07) is 12.9. The molecule has 2 aromatic heterocycles. The van der Waals surface area contributed by atoms with Gasteiger partial charge in [-0.05, 0) is 42.8 Å². The molecule has 1 aliphatic carbocycles. The first kappa shape index (κ1) is 16.2. The van der Waals surface area contributed by atoms with Gasteiger partial charge in [-0.3, -0.25) is 0 Å². The summed E-state index contributed by atoms with van der Waals surface area (Å²) in [7, 11) is 0. The van der Waals surface area contributed by atoms with Crippen molar-refractivity contribution in [3.63, 3.8) is 0 Å². The van der Waals surface area contributed by atoms with Crippen LogP contribution in [0, 0.1) is 0 Å². The molecule has 3 aromatic rings. The largest absolute Gasteiger partial charge is 0.303 e. The molecule has 0 spiro atoms. The highest BCUT2D eigenvalue weighted by Gasteiger charge is 2.30. The van der Waals surface area contributed by atoms with Crippen LogP contribution in [0.2, 0.25) is 5.02 Å². The molecule has 4 rings (SSSR count). The normalized spacial score (nSPS) is 15.6. The zero-order chi connectivity index (χ0) is 16.5. The molecule has 0 aliphatic heterocycles. The Kier molecular flexibility index (Phi) is 4.66. The summed E-state index contributed by atoms with van der Waals surface area (Å²) in [5.74, 6) is 1.08. The topological polar surface area (TPSA) is 30.7 Å². The van der Waals surface area contributed by atoms with Gasteiger partial charge in [0.05, 0.1) is 0 Å². The number of hydrogen-bond acceptors (Lipinski definition) is 4. The maximum atomic E-state index is 6.35. The highest BCUT2D eigenvalue weighted by atomic mass is 35.5. The lowest BCUT2D eigenvalue weighted by Crippen LogP contribution is -2.04. The molecule has 24 heavy (non-hydrogen) atoms. The lowest BCUT2D eigenvalue weighted by Gasteiger charge is -2.14. The van der Waals surface area contributed by atoms with Gasteiger partial charge >= 0.3 is 0 Å². The molecule has 1 atom stereocenters. The smallest absolute Gasteiger partial charge is 0.192 e. The third kappa shape index (κ3) is 3.39. The number of thiophene rings is 1. The lowest BCUT2D eigenvalue weighted by atomic mass is 10.2. The SMILES string of the molecule is CC(Sc1nnc(Cc2cccs2)n1C1CC1)c1ccccc1Cl. The van der Waals surface area contributed by atoms with E-state index in [1.54, 1.807) is 23.1 Å². The molecule has 6 heteroatoms. The summed E-state index contributed by atoms with van der Waals surface area (Å²) in [5.41, 5.74) is 1.15. The average molecular weight is 376 g/mol. The molecule has 0 saturated heterocycles. The third-order valence-electron chi connectivity index (χ3n) is 4.18. The summed E-state index contributed by atoms with van der Waals surface area (Å²) in [6.07, 6.45) is 3.31. The predicted molar refractivity (Wildman–Crippen MR) is 101 cm³/mol. The van der Waals surface area contributed by atoms with Crippen LogP contribution >= 0.6 is 34.7 Å². The van der Waals surface area contributed by atoms with E-state index in [0.717, 1.165) is 28.0 Å². The number of benzene rings is 1. The first-order chi connectivity index (χ1) is 11.7. The van der Waals surface area contributed by atoms with E-state index in [4.69, 9.17) is 11.6 Å². The second kappa shape index (κ2) is 6.90. The van der Waals surface area contributed by atoms with Crippen LogP contribution in [0.25, 0.3) is 0 Å². The summed E-state index contributed by atoms with van der Waals surface area (Å²) < 4.78 is 2.34. The maximum Gasteiger partial charge on any atom is 0.192 e. The molecule has 1 saturated carbocycles. The van der Waals surface area contributed by atoms with E-state index in [9.17, 15) is 0 Å². The van der Waals surface area contributed by atoms with Crippen molar-refractivity contribution in [3.8, 4) is 0 Å². The minimum absolute atomic E-state index is 0.245. The van der Waals surface area contributed by atoms with E-state index in [-0.39, 0.29) is 5.25 Å². The summed E-state index contributed by atoms with van der Waals surface area (Å²) in [5, 5.41) is 13.2. The van der Waals surface area contributed by atoms with E-state index < -0.39 is 0 Å². The van der Waals surface area contributed by atoms with Gasteiger partial charge in [0.15, 0.2) is 5.16 Å². The van der Waals surface area contributed by atoms with Crippen LogP contribution in [0.15, 0.2) is 46.9 Å². The van der Waals surface area contributed by atoms with Crippen molar-refractivity contribution in [2.24, 2.45) is 0 Å². The number of halogens is 1. The Bertz CT molecular complexity index is 825. The van der Waals surface area contributed by atoms with Gasteiger partial charge in [-0.1, -0.05) is 47.6 Å². The van der Waals surface area contributed by atoms with E-state index in [2.05, 4.69) is 45.3 Å². The molecule has 1 unspecified atom stereocenters. The number of hydrogen-bond donors (Lipinski definition) is 0. The Balaban J connectivity index is 1.59. The standard InChI is InChI=1S/C18H18ClN3S2/c1-12(15-6-2-3-7-16(15)19)24-18-21-20-17(22(18)13-8-9-13)11-14-5-4-10-23-14/h2-7,10,12-13H,8-9,11H2,1H3. The molecular weight excluding hydrogens is 358 g/mol. The van der Waals surface area contributed by atoms with E-state index in [1.165, 1.54) is 17.7 Å². The fraction of sp³-hybridized carbons (Fsp3) is 0.333. The van der Waals surface area contributed by atoms with Crippen LogP contribution in [0.5, 0.6) is 0 Å². The van der Waals surface area contributed by atoms with Crippen LogP contribution in [-0.2, 0) is 6.42 Å². The van der Waals surface area contributed by atoms with Crippen molar-refractivity contribution in [3.05, 3.63) is 63.1 Å². The fourth-order valence-corrected chi connectivity index (χ4v) is 4.97. The van der Waals surface area contributed by atoms with Crippen molar-refractivity contribution in [2.75, 3.05) is 0 Å². The molecule has 2 heterocycles. The zero-order valence-corrected chi connectivity index (χ0v) is 15.7. The minimum atomic E-state index is 0.245. The van der Waals surface area contributed by atoms with Gasteiger partial charge in [-0.15, -0.1) is 21.5 Å². The van der Waals surface area contributed by atoms with E-state index >= 15 is 0 Å². The number of thioether (sulfide) groups is 1. The molecular formula is C18H18ClN3S2. The van der Waals surface area contributed by atoms with Gasteiger partial charge < -0.3 is 4.57 Å². The van der Waals surface area contributed by atoms with Crippen LogP contribution in [-0.4, -0.2) is 14.8 Å². The zero-order valence-electron chi connectivity index (χ0n) is 13.4. The number of aromatic nitrogens is 3. The van der Waals surface area contributed by atoms with Crippen molar-refractivity contribution in [1.29, 1.82) is 0 Å². The Hall–Kier alpha value is -1.30. The van der Waals surface area contributed by atoms with Gasteiger partial charge in [0.25, 0.3) is 0 Å². The molecule has 0 bridgehead atoms. The average Bonchev–Trinajstić information content (AvgIpc) is 3.13. The van der Waals surface area contributed by atoms with E-state index in [1.807, 2.05) is 18.2 Å². The predicted octanol–water partition coefficient (Wildman–Crippen LogP) is 5.77. The minimum Gasteiger partial charge on any atom is -0.303 e. The van der Waals surface area contributed by atoms with Crippen molar-refractivity contribution < 1.29 is 0 Å². The maximum absolute atomic E-state index is 6.35. The van der Waals surface area contributed by atoms with Crippen LogP contribution < -0.4 is 0 Å². The molecule has 1 aliphatic rings. The van der Waals surface area contributed by atoms with Crippen molar-refractivity contribution in [1.82, 2.24) is 14.8 Å². The monoisotopic (exact) mass is 375 g/mol. The van der Waals surface area contributed by atoms with Gasteiger partial charge in [-0.25, -0.2) is 0 Å². The summed E-state index contributed by atoms with van der Waals surface area (Å²) in [4.78, 5) is 1.33. The van der Waals surface area contributed by atoms with E-state index in [0.29, 0.717) is 6.04 Å². The van der Waals surface area contributed by atoms with Gasteiger partial charge in [0.1, 0.15) is 5.82 Å². The second-order valence-corrected chi connectivity index (χ2v) is 8.79. The molecule has 1 fully saturated rings. The molecule has 0 N–H and O–H groups in total. The first-order valence-electron chi connectivity index (χ1n) is 8.09. The van der Waals surface area contributed by atoms with Crippen LogP contribution in [0.1, 0.15) is 47.3 Å². The highest BCUT2D eigenvalue weighted by molar-refractivity contribution is 7.99. The van der Waals surface area contributed by atoms with Gasteiger partial charge in [0.2, 0.25) is 0 Å². The third-order valence-corrected chi connectivity index (χ3v) is 6.50. The second-order valence-electron chi connectivity index (χ2n) is 6.04.